The third kappa shape index (κ3) is 3.74. The molecule has 7 nitrogen and oxygen atoms in total. The average Bonchev–Trinajstić information content (AvgIpc) is 3.25. The van der Waals surface area contributed by atoms with Gasteiger partial charge in [0.2, 0.25) is 0 Å². The number of hydrogen-bond acceptors (Lipinski definition) is 6. The molecule has 2 aliphatic rings. The van der Waals surface area contributed by atoms with Gasteiger partial charge in [-0.25, -0.2) is 13.9 Å². The summed E-state index contributed by atoms with van der Waals surface area (Å²) in [5.74, 6) is 0.679. The molecule has 0 radical (unpaired) electrons. The predicted octanol–water partition coefficient (Wildman–Crippen LogP) is 3.96. The minimum absolute atomic E-state index is 0.272. The molecule has 3 aromatic heterocycles. The van der Waals surface area contributed by atoms with Crippen molar-refractivity contribution in [1.82, 2.24) is 30.1 Å². The number of aromatic nitrogens is 5. The lowest BCUT2D eigenvalue weighted by Crippen LogP contribution is -2.48. The van der Waals surface area contributed by atoms with Crippen LogP contribution in [-0.2, 0) is 0 Å². The lowest BCUT2D eigenvalue weighted by atomic mass is 9.73. The van der Waals surface area contributed by atoms with Gasteiger partial charge in [-0.1, -0.05) is 0 Å². The van der Waals surface area contributed by atoms with Crippen LogP contribution in [-0.4, -0.2) is 51.0 Å². The number of nitrogens with zero attached hydrogens (tertiary/aromatic N) is 6. The van der Waals surface area contributed by atoms with Crippen molar-refractivity contribution in [3.8, 4) is 22.5 Å². The highest BCUT2D eigenvalue weighted by molar-refractivity contribution is 5.81. The highest BCUT2D eigenvalue weighted by Gasteiger charge is 2.36. The monoisotopic (exact) mass is 443 g/mol. The SMILES string of the molecule is Fc1ccc(-c2nc3ccc(N4CCC5(CCCNC5)CC4)nn3c2-c2ccnnc2)cc1. The molecule has 0 amide bonds. The Morgan fingerprint density at radius 2 is 1.76 bits per heavy atom. The normalized spacial score (nSPS) is 18.2. The Labute approximate surface area is 191 Å². The van der Waals surface area contributed by atoms with Crippen molar-refractivity contribution in [3.05, 3.63) is 60.7 Å². The van der Waals surface area contributed by atoms with Crippen molar-refractivity contribution in [1.29, 1.82) is 0 Å². The largest absolute Gasteiger partial charge is 0.355 e. The van der Waals surface area contributed by atoms with Crippen molar-refractivity contribution in [3.63, 3.8) is 0 Å². The maximum absolute atomic E-state index is 13.6. The average molecular weight is 444 g/mol. The molecule has 33 heavy (non-hydrogen) atoms. The van der Waals surface area contributed by atoms with E-state index in [1.165, 1.54) is 37.8 Å². The first-order chi connectivity index (χ1) is 16.2. The zero-order valence-electron chi connectivity index (χ0n) is 18.4. The fourth-order valence-corrected chi connectivity index (χ4v) is 5.26. The molecule has 0 unspecified atom stereocenters. The summed E-state index contributed by atoms with van der Waals surface area (Å²) < 4.78 is 15.4. The lowest BCUT2D eigenvalue weighted by molar-refractivity contribution is 0.161. The molecule has 2 fully saturated rings. The number of imidazole rings is 1. The first-order valence-corrected chi connectivity index (χ1v) is 11.6. The second kappa shape index (κ2) is 8.19. The van der Waals surface area contributed by atoms with Crippen LogP contribution in [0.2, 0.25) is 0 Å². The Bertz CT molecular complexity index is 1250. The fraction of sp³-hybridized carbons (Fsp3) is 0.360. The Morgan fingerprint density at radius 1 is 0.909 bits per heavy atom. The van der Waals surface area contributed by atoms with Crippen LogP contribution in [0.1, 0.15) is 25.7 Å². The van der Waals surface area contributed by atoms with E-state index in [1.54, 1.807) is 24.5 Å². The second-order valence-corrected chi connectivity index (χ2v) is 9.18. The van der Waals surface area contributed by atoms with E-state index < -0.39 is 0 Å². The molecule has 8 heteroatoms. The van der Waals surface area contributed by atoms with E-state index in [0.717, 1.165) is 60.2 Å². The predicted molar refractivity (Wildman–Crippen MR) is 125 cm³/mol. The minimum atomic E-state index is -0.272. The van der Waals surface area contributed by atoms with Crippen LogP contribution >= 0.6 is 0 Å². The minimum Gasteiger partial charge on any atom is -0.355 e. The number of fused-ring (bicyclic) bond motifs is 1. The van der Waals surface area contributed by atoms with Crippen LogP contribution in [0.4, 0.5) is 10.2 Å². The van der Waals surface area contributed by atoms with Gasteiger partial charge in [0.05, 0.1) is 18.1 Å². The third-order valence-electron chi connectivity index (χ3n) is 7.15. The van der Waals surface area contributed by atoms with Gasteiger partial charge in [-0.2, -0.15) is 10.2 Å². The third-order valence-corrected chi connectivity index (χ3v) is 7.15. The number of piperidine rings is 2. The Balaban J connectivity index is 1.40. The summed E-state index contributed by atoms with van der Waals surface area (Å²) in [6.45, 7) is 4.29. The van der Waals surface area contributed by atoms with Gasteiger partial charge in [0, 0.05) is 30.8 Å². The quantitative estimate of drug-likeness (QED) is 0.517. The van der Waals surface area contributed by atoms with E-state index >= 15 is 0 Å². The molecule has 2 aliphatic heterocycles. The first-order valence-electron chi connectivity index (χ1n) is 11.6. The van der Waals surface area contributed by atoms with E-state index in [9.17, 15) is 4.39 Å². The van der Waals surface area contributed by atoms with Gasteiger partial charge in [-0.15, -0.1) is 5.10 Å². The summed E-state index contributed by atoms with van der Waals surface area (Å²) in [5, 5.41) is 16.6. The molecule has 0 aliphatic carbocycles. The second-order valence-electron chi connectivity index (χ2n) is 9.18. The van der Waals surface area contributed by atoms with Crippen molar-refractivity contribution in [2.75, 3.05) is 31.1 Å². The summed E-state index contributed by atoms with van der Waals surface area (Å²) in [5.41, 5.74) is 4.47. The van der Waals surface area contributed by atoms with Crippen molar-refractivity contribution in [2.45, 2.75) is 25.7 Å². The van der Waals surface area contributed by atoms with Crippen LogP contribution in [0.3, 0.4) is 0 Å². The van der Waals surface area contributed by atoms with Gasteiger partial charge in [-0.05, 0) is 80.1 Å². The van der Waals surface area contributed by atoms with Gasteiger partial charge in [-0.3, -0.25) is 0 Å². The molecular weight excluding hydrogens is 417 g/mol. The van der Waals surface area contributed by atoms with Crippen molar-refractivity contribution in [2.24, 2.45) is 5.41 Å². The molecule has 1 spiro atoms. The highest BCUT2D eigenvalue weighted by atomic mass is 19.1. The smallest absolute Gasteiger partial charge is 0.155 e. The molecule has 4 aromatic rings. The zero-order valence-corrected chi connectivity index (χ0v) is 18.4. The van der Waals surface area contributed by atoms with E-state index in [0.29, 0.717) is 5.41 Å². The van der Waals surface area contributed by atoms with Crippen molar-refractivity contribution < 1.29 is 4.39 Å². The summed E-state index contributed by atoms with van der Waals surface area (Å²) >= 11 is 0. The van der Waals surface area contributed by atoms with E-state index in [1.807, 2.05) is 16.6 Å². The maximum atomic E-state index is 13.6. The number of anilines is 1. The zero-order chi connectivity index (χ0) is 22.3. The van der Waals surface area contributed by atoms with Crippen LogP contribution in [0.25, 0.3) is 28.2 Å². The summed E-state index contributed by atoms with van der Waals surface area (Å²) in [6.07, 6.45) is 8.34. The summed E-state index contributed by atoms with van der Waals surface area (Å²) in [7, 11) is 0. The summed E-state index contributed by atoms with van der Waals surface area (Å²) in [4.78, 5) is 7.23. The molecule has 5 heterocycles. The van der Waals surface area contributed by atoms with Gasteiger partial charge in [0.15, 0.2) is 5.65 Å². The maximum Gasteiger partial charge on any atom is 0.155 e. The van der Waals surface area contributed by atoms with E-state index in [4.69, 9.17) is 10.1 Å². The highest BCUT2D eigenvalue weighted by Crippen LogP contribution is 2.38. The van der Waals surface area contributed by atoms with Gasteiger partial charge >= 0.3 is 0 Å². The standard InChI is InChI=1S/C25H26FN7/c26-20-4-2-18(3-5-20)23-24(19-8-13-28-29-16-19)33-21(30-23)6-7-22(31-33)32-14-10-25(11-15-32)9-1-12-27-17-25/h2-8,13,16,27H,1,9-12,14-15,17H2. The molecule has 0 atom stereocenters. The number of hydrogen-bond donors (Lipinski definition) is 1. The fourth-order valence-electron chi connectivity index (χ4n) is 5.26. The summed E-state index contributed by atoms with van der Waals surface area (Å²) in [6, 6.07) is 12.4. The topological polar surface area (TPSA) is 71.2 Å². The molecule has 6 rings (SSSR count). The van der Waals surface area contributed by atoms with Crippen LogP contribution in [0, 0.1) is 11.2 Å². The molecule has 0 saturated carbocycles. The van der Waals surface area contributed by atoms with Crippen molar-refractivity contribution >= 4 is 11.5 Å². The van der Waals surface area contributed by atoms with E-state index in [-0.39, 0.29) is 5.82 Å². The Hall–Kier alpha value is -3.39. The molecule has 0 bridgehead atoms. The first kappa shape index (κ1) is 20.2. The number of benzene rings is 1. The Morgan fingerprint density at radius 3 is 2.48 bits per heavy atom. The number of halogens is 1. The molecule has 2 saturated heterocycles. The Kier molecular flexibility index (Phi) is 5.02. The molecular formula is C25H26FN7. The number of rotatable bonds is 3. The van der Waals surface area contributed by atoms with Crippen LogP contribution in [0.15, 0.2) is 54.9 Å². The lowest BCUT2D eigenvalue weighted by Gasteiger charge is -2.44. The molecule has 168 valence electrons. The van der Waals surface area contributed by atoms with Crippen LogP contribution in [0.5, 0.6) is 0 Å². The number of nitrogens with one attached hydrogen (secondary N) is 1. The molecule has 1 N–H and O–H groups in total. The van der Waals surface area contributed by atoms with Gasteiger partial charge < -0.3 is 10.2 Å². The van der Waals surface area contributed by atoms with E-state index in [2.05, 4.69) is 26.5 Å². The molecule has 1 aromatic carbocycles. The van der Waals surface area contributed by atoms with Crippen LogP contribution < -0.4 is 10.2 Å². The van der Waals surface area contributed by atoms with Gasteiger partial charge in [0.1, 0.15) is 17.3 Å². The van der Waals surface area contributed by atoms with Gasteiger partial charge in [0.25, 0.3) is 0 Å².